The van der Waals surface area contributed by atoms with Crippen LogP contribution in [0.5, 0.6) is 0 Å². The lowest BCUT2D eigenvalue weighted by atomic mass is 10.0. The molecule has 5 heteroatoms. The number of hydrogen-bond acceptors (Lipinski definition) is 3. The van der Waals surface area contributed by atoms with E-state index in [-0.39, 0.29) is 12.5 Å². The third-order valence-electron chi connectivity index (χ3n) is 2.68. The number of nitrogen functional groups attached to an aromatic ring is 1. The van der Waals surface area contributed by atoms with Crippen LogP contribution in [-0.2, 0) is 0 Å². The van der Waals surface area contributed by atoms with Gasteiger partial charge < -0.3 is 16.2 Å². The molecular formula is C13H19BrN2O2. The lowest BCUT2D eigenvalue weighted by Gasteiger charge is -2.22. The van der Waals surface area contributed by atoms with Crippen LogP contribution in [0.1, 0.15) is 37.0 Å². The van der Waals surface area contributed by atoms with Crippen LogP contribution in [0.15, 0.2) is 22.7 Å². The average Bonchev–Trinajstić information content (AvgIpc) is 2.30. The molecule has 1 aromatic carbocycles. The van der Waals surface area contributed by atoms with Crippen LogP contribution in [-0.4, -0.2) is 23.2 Å². The second kappa shape index (κ2) is 6.20. The number of carbonyl (C=O) groups excluding carboxylic acids is 1. The zero-order valence-corrected chi connectivity index (χ0v) is 12.3. The molecule has 0 saturated heterocycles. The zero-order chi connectivity index (χ0) is 13.8. The maximum Gasteiger partial charge on any atom is 0.251 e. The van der Waals surface area contributed by atoms with E-state index in [9.17, 15) is 9.90 Å². The SMILES string of the molecule is CCCC(C)(O)CNC(=O)c1ccc(N)c(Br)c1. The first-order valence-electron chi connectivity index (χ1n) is 5.91. The molecule has 0 aliphatic rings. The number of amides is 1. The van der Waals surface area contributed by atoms with Crippen LogP contribution < -0.4 is 11.1 Å². The summed E-state index contributed by atoms with van der Waals surface area (Å²) in [6, 6.07) is 4.99. The minimum Gasteiger partial charge on any atom is -0.398 e. The van der Waals surface area contributed by atoms with Gasteiger partial charge >= 0.3 is 0 Å². The van der Waals surface area contributed by atoms with Gasteiger partial charge in [0.1, 0.15) is 0 Å². The normalized spacial score (nSPS) is 14.0. The highest BCUT2D eigenvalue weighted by atomic mass is 79.9. The van der Waals surface area contributed by atoms with Crippen LogP contribution in [0.2, 0.25) is 0 Å². The van der Waals surface area contributed by atoms with Crippen LogP contribution in [0.25, 0.3) is 0 Å². The monoisotopic (exact) mass is 314 g/mol. The van der Waals surface area contributed by atoms with Gasteiger partial charge in [-0.1, -0.05) is 13.3 Å². The molecule has 0 fully saturated rings. The molecule has 0 spiro atoms. The number of nitrogens with one attached hydrogen (secondary N) is 1. The first-order chi connectivity index (χ1) is 8.35. The minimum atomic E-state index is -0.866. The fraction of sp³-hybridized carbons (Fsp3) is 0.462. The summed E-state index contributed by atoms with van der Waals surface area (Å²) in [6.07, 6.45) is 1.52. The van der Waals surface area contributed by atoms with Crippen molar-refractivity contribution in [3.05, 3.63) is 28.2 Å². The largest absolute Gasteiger partial charge is 0.398 e. The number of aliphatic hydroxyl groups is 1. The molecule has 0 aliphatic heterocycles. The Balaban J connectivity index is 2.63. The van der Waals surface area contributed by atoms with Gasteiger partial charge in [0, 0.05) is 22.3 Å². The van der Waals surface area contributed by atoms with Crippen molar-refractivity contribution < 1.29 is 9.90 Å². The minimum absolute atomic E-state index is 0.216. The Morgan fingerprint density at radius 3 is 2.78 bits per heavy atom. The summed E-state index contributed by atoms with van der Waals surface area (Å²) in [5, 5.41) is 12.7. The maximum atomic E-state index is 11.9. The Morgan fingerprint density at radius 2 is 2.22 bits per heavy atom. The third-order valence-corrected chi connectivity index (χ3v) is 3.37. The molecule has 0 aromatic heterocycles. The molecule has 100 valence electrons. The molecule has 1 amide bonds. The smallest absolute Gasteiger partial charge is 0.251 e. The molecule has 1 rings (SSSR count). The predicted octanol–water partition coefficient (Wildman–Crippen LogP) is 2.31. The number of benzene rings is 1. The van der Waals surface area contributed by atoms with E-state index in [1.807, 2.05) is 6.92 Å². The fourth-order valence-corrected chi connectivity index (χ4v) is 2.05. The van der Waals surface area contributed by atoms with Crippen molar-refractivity contribution in [2.75, 3.05) is 12.3 Å². The standard InChI is InChI=1S/C13H19BrN2O2/c1-3-6-13(2,18)8-16-12(17)9-4-5-11(15)10(14)7-9/h4-5,7,18H,3,6,8,15H2,1-2H3,(H,16,17). The van der Waals surface area contributed by atoms with Gasteiger partial charge in [0.15, 0.2) is 0 Å². The summed E-state index contributed by atoms with van der Waals surface area (Å²) in [6.45, 7) is 3.95. The molecule has 4 nitrogen and oxygen atoms in total. The first-order valence-corrected chi connectivity index (χ1v) is 6.70. The second-order valence-corrected chi connectivity index (χ2v) is 5.52. The summed E-state index contributed by atoms with van der Waals surface area (Å²) < 4.78 is 0.690. The summed E-state index contributed by atoms with van der Waals surface area (Å²) in [5.74, 6) is -0.216. The van der Waals surface area contributed by atoms with Crippen LogP contribution >= 0.6 is 15.9 Å². The highest BCUT2D eigenvalue weighted by Crippen LogP contribution is 2.20. The van der Waals surface area contributed by atoms with Crippen molar-refractivity contribution in [1.82, 2.24) is 5.32 Å². The van der Waals surface area contributed by atoms with Gasteiger partial charge in [-0.25, -0.2) is 0 Å². The Kier molecular flexibility index (Phi) is 5.16. The number of rotatable bonds is 5. The summed E-state index contributed by atoms with van der Waals surface area (Å²) in [5.41, 5.74) is 5.89. The number of anilines is 1. The molecule has 18 heavy (non-hydrogen) atoms. The van der Waals surface area contributed by atoms with Crippen molar-refractivity contribution in [2.24, 2.45) is 0 Å². The molecule has 4 N–H and O–H groups in total. The molecule has 0 saturated carbocycles. The molecule has 0 aliphatic carbocycles. The zero-order valence-electron chi connectivity index (χ0n) is 10.7. The van der Waals surface area contributed by atoms with Crippen LogP contribution in [0.3, 0.4) is 0 Å². The molecule has 0 heterocycles. The van der Waals surface area contributed by atoms with Gasteiger partial charge in [-0.15, -0.1) is 0 Å². The van der Waals surface area contributed by atoms with E-state index in [2.05, 4.69) is 21.2 Å². The van der Waals surface area contributed by atoms with Crippen molar-refractivity contribution in [3.8, 4) is 0 Å². The Labute approximate surface area is 116 Å². The number of carbonyl (C=O) groups is 1. The van der Waals surface area contributed by atoms with E-state index < -0.39 is 5.60 Å². The predicted molar refractivity (Wildman–Crippen MR) is 76.4 cm³/mol. The fourth-order valence-electron chi connectivity index (χ4n) is 1.67. The van der Waals surface area contributed by atoms with Gasteiger partial charge in [0.2, 0.25) is 0 Å². The lowest BCUT2D eigenvalue weighted by Crippen LogP contribution is -2.40. The van der Waals surface area contributed by atoms with Crippen molar-refractivity contribution >= 4 is 27.5 Å². The van der Waals surface area contributed by atoms with Gasteiger partial charge in [-0.2, -0.15) is 0 Å². The molecule has 0 radical (unpaired) electrons. The van der Waals surface area contributed by atoms with E-state index in [1.165, 1.54) is 0 Å². The van der Waals surface area contributed by atoms with Crippen molar-refractivity contribution in [3.63, 3.8) is 0 Å². The van der Waals surface area contributed by atoms with Crippen LogP contribution in [0, 0.1) is 0 Å². The molecule has 1 aromatic rings. The molecule has 1 atom stereocenters. The third kappa shape index (κ3) is 4.31. The summed E-state index contributed by atoms with van der Waals surface area (Å²) in [7, 11) is 0. The highest BCUT2D eigenvalue weighted by Gasteiger charge is 2.20. The Hall–Kier alpha value is -1.07. The van der Waals surface area contributed by atoms with Gasteiger partial charge in [-0.3, -0.25) is 4.79 Å². The van der Waals surface area contributed by atoms with Crippen molar-refractivity contribution in [1.29, 1.82) is 0 Å². The molecular weight excluding hydrogens is 296 g/mol. The quantitative estimate of drug-likeness (QED) is 0.730. The molecule has 1 unspecified atom stereocenters. The topological polar surface area (TPSA) is 75.3 Å². The van der Waals surface area contributed by atoms with E-state index in [1.54, 1.807) is 25.1 Å². The number of hydrogen-bond donors (Lipinski definition) is 3. The van der Waals surface area contributed by atoms with E-state index >= 15 is 0 Å². The highest BCUT2D eigenvalue weighted by molar-refractivity contribution is 9.10. The van der Waals surface area contributed by atoms with Crippen LogP contribution in [0.4, 0.5) is 5.69 Å². The summed E-state index contributed by atoms with van der Waals surface area (Å²) >= 11 is 3.28. The van der Waals surface area contributed by atoms with E-state index in [0.717, 1.165) is 6.42 Å². The van der Waals surface area contributed by atoms with E-state index in [0.29, 0.717) is 22.1 Å². The van der Waals surface area contributed by atoms with E-state index in [4.69, 9.17) is 5.73 Å². The molecule has 0 bridgehead atoms. The maximum absolute atomic E-state index is 11.9. The van der Waals surface area contributed by atoms with Crippen molar-refractivity contribution in [2.45, 2.75) is 32.3 Å². The van der Waals surface area contributed by atoms with Gasteiger partial charge in [0.05, 0.1) is 5.60 Å². The number of nitrogens with two attached hydrogens (primary N) is 1. The second-order valence-electron chi connectivity index (χ2n) is 4.67. The lowest BCUT2D eigenvalue weighted by molar-refractivity contribution is 0.0469. The van der Waals surface area contributed by atoms with Gasteiger partial charge in [0.25, 0.3) is 5.91 Å². The van der Waals surface area contributed by atoms with Gasteiger partial charge in [-0.05, 0) is 47.5 Å². The Morgan fingerprint density at radius 1 is 1.56 bits per heavy atom. The number of halogens is 1. The summed E-state index contributed by atoms with van der Waals surface area (Å²) in [4.78, 5) is 11.9. The Bertz CT molecular complexity index is 433. The average molecular weight is 315 g/mol. The first kappa shape index (κ1) is 15.0.